The fourth-order valence-electron chi connectivity index (χ4n) is 2.35. The van der Waals surface area contributed by atoms with Crippen LogP contribution in [0.5, 0.6) is 5.75 Å². The van der Waals surface area contributed by atoms with E-state index in [0.717, 1.165) is 17.6 Å². The Morgan fingerprint density at radius 3 is 2.68 bits per heavy atom. The van der Waals surface area contributed by atoms with Crippen LogP contribution in [0.15, 0.2) is 24.3 Å². The fraction of sp³-hybridized carbons (Fsp3) is 0.471. The predicted octanol–water partition coefficient (Wildman–Crippen LogP) is 3.30. The summed E-state index contributed by atoms with van der Waals surface area (Å²) in [5.74, 6) is 0.646. The first-order chi connectivity index (χ1) is 10.3. The van der Waals surface area contributed by atoms with Crippen LogP contribution in [-0.2, 0) is 4.74 Å². The molecule has 120 valence electrons. The van der Waals surface area contributed by atoms with E-state index in [4.69, 9.17) is 15.2 Å². The molecule has 1 heterocycles. The molecule has 5 heteroatoms. The Hall–Kier alpha value is -2.17. The van der Waals surface area contributed by atoms with Gasteiger partial charge in [0.05, 0.1) is 12.8 Å². The number of nitrogens with zero attached hydrogens (tertiary/aromatic N) is 1. The molecule has 0 atom stereocenters. The van der Waals surface area contributed by atoms with E-state index in [9.17, 15) is 4.79 Å². The van der Waals surface area contributed by atoms with Crippen LogP contribution in [0.1, 0.15) is 32.8 Å². The number of carbonyl (C=O) groups excluding carboxylic acids is 1. The molecule has 2 rings (SSSR count). The van der Waals surface area contributed by atoms with E-state index in [1.54, 1.807) is 12.0 Å². The molecule has 0 unspecified atom stereocenters. The molecule has 1 aliphatic heterocycles. The van der Waals surface area contributed by atoms with Gasteiger partial charge >= 0.3 is 6.09 Å². The minimum Gasteiger partial charge on any atom is -0.495 e. The maximum atomic E-state index is 12.2. The summed E-state index contributed by atoms with van der Waals surface area (Å²) in [5.41, 5.74) is 8.06. The van der Waals surface area contributed by atoms with E-state index in [1.165, 1.54) is 0 Å². The largest absolute Gasteiger partial charge is 0.495 e. The summed E-state index contributed by atoms with van der Waals surface area (Å²) in [7, 11) is 1.59. The van der Waals surface area contributed by atoms with Crippen LogP contribution < -0.4 is 10.5 Å². The fourth-order valence-corrected chi connectivity index (χ4v) is 2.35. The van der Waals surface area contributed by atoms with Crippen molar-refractivity contribution in [3.8, 4) is 5.75 Å². The molecular weight excluding hydrogens is 280 g/mol. The predicted molar refractivity (Wildman–Crippen MR) is 87.8 cm³/mol. The molecule has 1 aromatic carbocycles. The van der Waals surface area contributed by atoms with Gasteiger partial charge in [-0.15, -0.1) is 0 Å². The first-order valence-electron chi connectivity index (χ1n) is 7.41. The number of nitrogen functional groups attached to an aromatic ring is 1. The highest BCUT2D eigenvalue weighted by Gasteiger charge is 2.24. The molecule has 22 heavy (non-hydrogen) atoms. The zero-order valence-corrected chi connectivity index (χ0v) is 13.7. The van der Waals surface area contributed by atoms with Gasteiger partial charge in [-0.3, -0.25) is 0 Å². The molecule has 0 aromatic heterocycles. The number of rotatable bonds is 2. The summed E-state index contributed by atoms with van der Waals surface area (Å²) in [6.07, 6.45) is 2.67. The van der Waals surface area contributed by atoms with E-state index < -0.39 is 5.60 Å². The summed E-state index contributed by atoms with van der Waals surface area (Å²) in [4.78, 5) is 13.9. The third kappa shape index (κ3) is 3.93. The lowest BCUT2D eigenvalue weighted by atomic mass is 10.0. The number of benzene rings is 1. The third-order valence-corrected chi connectivity index (χ3v) is 3.41. The van der Waals surface area contributed by atoms with Gasteiger partial charge in [-0.05, 0) is 50.5 Å². The van der Waals surface area contributed by atoms with Gasteiger partial charge in [-0.2, -0.15) is 0 Å². The smallest absolute Gasteiger partial charge is 0.410 e. The topological polar surface area (TPSA) is 64.8 Å². The van der Waals surface area contributed by atoms with Crippen molar-refractivity contribution >= 4 is 17.4 Å². The lowest BCUT2D eigenvalue weighted by Crippen LogP contribution is -2.39. The monoisotopic (exact) mass is 304 g/mol. The van der Waals surface area contributed by atoms with Crippen molar-refractivity contribution in [2.75, 3.05) is 25.9 Å². The van der Waals surface area contributed by atoms with Crippen molar-refractivity contribution in [1.29, 1.82) is 0 Å². The molecule has 0 spiro atoms. The second-order valence-electron chi connectivity index (χ2n) is 6.38. The zero-order chi connectivity index (χ0) is 16.3. The number of ether oxygens (including phenoxy) is 2. The minimum absolute atomic E-state index is 0.277. The Kier molecular flexibility index (Phi) is 4.64. The van der Waals surface area contributed by atoms with Crippen molar-refractivity contribution in [2.45, 2.75) is 32.8 Å². The van der Waals surface area contributed by atoms with Crippen LogP contribution in [0.25, 0.3) is 5.57 Å². The minimum atomic E-state index is -0.483. The summed E-state index contributed by atoms with van der Waals surface area (Å²) in [6.45, 7) is 6.82. The molecule has 0 bridgehead atoms. The molecule has 0 saturated carbocycles. The lowest BCUT2D eigenvalue weighted by molar-refractivity contribution is 0.0273. The second-order valence-corrected chi connectivity index (χ2v) is 6.38. The molecule has 2 N–H and O–H groups in total. The second kappa shape index (κ2) is 6.30. The maximum absolute atomic E-state index is 12.2. The SMILES string of the molecule is COc1cc(C2=CCCN(C(=O)OC(C)(C)C)C2)ccc1N. The number of carbonyl (C=O) groups is 1. The van der Waals surface area contributed by atoms with Crippen molar-refractivity contribution in [3.63, 3.8) is 0 Å². The normalized spacial score (nSPS) is 15.3. The number of methoxy groups -OCH3 is 1. The van der Waals surface area contributed by atoms with Crippen LogP contribution in [0.2, 0.25) is 0 Å². The van der Waals surface area contributed by atoms with Gasteiger partial charge in [0.2, 0.25) is 0 Å². The number of hydrogen-bond acceptors (Lipinski definition) is 4. The molecule has 1 aromatic rings. The quantitative estimate of drug-likeness (QED) is 0.851. The third-order valence-electron chi connectivity index (χ3n) is 3.41. The van der Waals surface area contributed by atoms with Crippen molar-refractivity contribution in [1.82, 2.24) is 4.90 Å². The van der Waals surface area contributed by atoms with Crippen LogP contribution in [-0.4, -0.2) is 36.8 Å². The van der Waals surface area contributed by atoms with E-state index in [-0.39, 0.29) is 6.09 Å². The van der Waals surface area contributed by atoms with Crippen molar-refractivity contribution in [3.05, 3.63) is 29.8 Å². The molecule has 0 saturated heterocycles. The van der Waals surface area contributed by atoms with Crippen LogP contribution in [0, 0.1) is 0 Å². The molecular formula is C17H24N2O3. The van der Waals surface area contributed by atoms with Gasteiger partial charge in [-0.25, -0.2) is 4.79 Å². The Labute approximate surface area is 131 Å². The summed E-state index contributed by atoms with van der Waals surface area (Å²) >= 11 is 0. The van der Waals surface area contributed by atoms with Crippen LogP contribution >= 0.6 is 0 Å². The molecule has 1 aliphatic rings. The Balaban J connectivity index is 2.14. The Morgan fingerprint density at radius 1 is 1.32 bits per heavy atom. The van der Waals surface area contributed by atoms with Gasteiger partial charge in [0.1, 0.15) is 11.4 Å². The van der Waals surface area contributed by atoms with Crippen molar-refractivity contribution in [2.24, 2.45) is 0 Å². The number of hydrogen-bond donors (Lipinski definition) is 1. The van der Waals surface area contributed by atoms with Gasteiger partial charge in [0.25, 0.3) is 0 Å². The van der Waals surface area contributed by atoms with Crippen LogP contribution in [0.3, 0.4) is 0 Å². The lowest BCUT2D eigenvalue weighted by Gasteiger charge is -2.30. The Bertz CT molecular complexity index is 588. The molecule has 0 fully saturated rings. The van der Waals surface area contributed by atoms with E-state index >= 15 is 0 Å². The number of anilines is 1. The van der Waals surface area contributed by atoms with E-state index in [0.29, 0.717) is 24.5 Å². The Morgan fingerprint density at radius 2 is 2.05 bits per heavy atom. The standard InChI is InChI=1S/C17H24N2O3/c1-17(2,3)22-16(20)19-9-5-6-13(11-19)12-7-8-14(18)15(10-12)21-4/h6-8,10H,5,9,11,18H2,1-4H3. The highest BCUT2D eigenvalue weighted by Crippen LogP contribution is 2.28. The van der Waals surface area contributed by atoms with E-state index in [2.05, 4.69) is 6.08 Å². The van der Waals surface area contributed by atoms with Gasteiger partial charge < -0.3 is 20.1 Å². The number of amides is 1. The van der Waals surface area contributed by atoms with Crippen molar-refractivity contribution < 1.29 is 14.3 Å². The van der Waals surface area contributed by atoms with Gasteiger partial charge in [0.15, 0.2) is 0 Å². The molecule has 0 aliphatic carbocycles. The molecule has 5 nitrogen and oxygen atoms in total. The molecule has 1 amide bonds. The zero-order valence-electron chi connectivity index (χ0n) is 13.7. The summed E-state index contributed by atoms with van der Waals surface area (Å²) < 4.78 is 10.7. The first-order valence-corrected chi connectivity index (χ1v) is 7.41. The van der Waals surface area contributed by atoms with Gasteiger partial charge in [-0.1, -0.05) is 12.1 Å². The highest BCUT2D eigenvalue weighted by atomic mass is 16.6. The average Bonchev–Trinajstić information content (AvgIpc) is 2.46. The summed E-state index contributed by atoms with van der Waals surface area (Å²) in [6, 6.07) is 5.67. The first kappa shape index (κ1) is 16.2. The summed E-state index contributed by atoms with van der Waals surface area (Å²) in [5, 5.41) is 0. The van der Waals surface area contributed by atoms with Crippen LogP contribution in [0.4, 0.5) is 10.5 Å². The van der Waals surface area contributed by atoms with Gasteiger partial charge in [0, 0.05) is 13.1 Å². The molecule has 0 radical (unpaired) electrons. The number of nitrogens with two attached hydrogens (primary N) is 1. The highest BCUT2D eigenvalue weighted by molar-refractivity contribution is 5.76. The maximum Gasteiger partial charge on any atom is 0.410 e. The average molecular weight is 304 g/mol. The van der Waals surface area contributed by atoms with E-state index in [1.807, 2.05) is 39.0 Å².